The second kappa shape index (κ2) is 5.30. The summed E-state index contributed by atoms with van der Waals surface area (Å²) < 4.78 is 15.0. The molecule has 21 heavy (non-hydrogen) atoms. The Balaban J connectivity index is 1.92. The lowest BCUT2D eigenvalue weighted by Gasteiger charge is -2.03. The molecule has 0 atom stereocenters. The van der Waals surface area contributed by atoms with Crippen LogP contribution in [0.4, 0.5) is 4.39 Å². The first-order chi connectivity index (χ1) is 10.1. The predicted octanol–water partition coefficient (Wildman–Crippen LogP) is 3.79. The number of halogens is 2. The van der Waals surface area contributed by atoms with Crippen molar-refractivity contribution in [2.45, 2.75) is 6.42 Å². The summed E-state index contributed by atoms with van der Waals surface area (Å²) in [5.41, 5.74) is 2.20. The number of aromatic nitrogens is 2. The van der Waals surface area contributed by atoms with Crippen molar-refractivity contribution in [2.75, 3.05) is 0 Å². The van der Waals surface area contributed by atoms with Crippen molar-refractivity contribution < 1.29 is 9.18 Å². The number of hydrogen-bond acceptors (Lipinski definition) is 2. The van der Waals surface area contributed by atoms with Gasteiger partial charge in [0.15, 0.2) is 5.78 Å². The van der Waals surface area contributed by atoms with Crippen molar-refractivity contribution >= 4 is 28.4 Å². The Bertz CT molecular complexity index is 841. The summed E-state index contributed by atoms with van der Waals surface area (Å²) in [6.45, 7) is 0. The van der Waals surface area contributed by atoms with Crippen LogP contribution in [0.5, 0.6) is 0 Å². The van der Waals surface area contributed by atoms with E-state index in [0.29, 0.717) is 11.4 Å². The van der Waals surface area contributed by atoms with Gasteiger partial charge in [0.25, 0.3) is 0 Å². The molecule has 1 heterocycles. The van der Waals surface area contributed by atoms with E-state index < -0.39 is 5.82 Å². The van der Waals surface area contributed by atoms with Gasteiger partial charge in [-0.15, -0.1) is 0 Å². The Labute approximate surface area is 126 Å². The lowest BCUT2D eigenvalue weighted by molar-refractivity contribution is 0.0990. The van der Waals surface area contributed by atoms with Crippen molar-refractivity contribution in [3.8, 4) is 0 Å². The van der Waals surface area contributed by atoms with Crippen molar-refractivity contribution in [3.63, 3.8) is 0 Å². The van der Waals surface area contributed by atoms with Crippen molar-refractivity contribution in [1.29, 1.82) is 0 Å². The summed E-state index contributed by atoms with van der Waals surface area (Å²) in [6, 6.07) is 11.7. The second-order valence-corrected chi connectivity index (χ2v) is 5.21. The van der Waals surface area contributed by atoms with Crippen LogP contribution in [-0.4, -0.2) is 15.3 Å². The number of carbonyl (C=O) groups is 1. The minimum absolute atomic E-state index is 0.0501. The summed E-state index contributed by atoms with van der Waals surface area (Å²) in [7, 11) is 1.87. The minimum Gasteiger partial charge on any atom is -0.331 e. The van der Waals surface area contributed by atoms with Crippen LogP contribution in [0, 0.1) is 5.82 Å². The molecular formula is C16H12ClFN2O. The van der Waals surface area contributed by atoms with E-state index in [-0.39, 0.29) is 17.2 Å². The largest absolute Gasteiger partial charge is 0.331 e. The van der Waals surface area contributed by atoms with Gasteiger partial charge < -0.3 is 4.57 Å². The zero-order chi connectivity index (χ0) is 15.0. The number of nitrogens with zero attached hydrogens (tertiary/aromatic N) is 2. The van der Waals surface area contributed by atoms with E-state index in [1.807, 2.05) is 35.9 Å². The molecule has 3 rings (SSSR count). The lowest BCUT2D eigenvalue weighted by Crippen LogP contribution is -2.08. The highest BCUT2D eigenvalue weighted by molar-refractivity contribution is 6.31. The summed E-state index contributed by atoms with van der Waals surface area (Å²) in [5, 5.41) is -0.0501. The molecule has 0 aliphatic carbocycles. The zero-order valence-corrected chi connectivity index (χ0v) is 12.1. The number of fused-ring (bicyclic) bond motifs is 1. The number of para-hydroxylation sites is 2. The van der Waals surface area contributed by atoms with Gasteiger partial charge in [0.2, 0.25) is 0 Å². The van der Waals surface area contributed by atoms with Crippen LogP contribution < -0.4 is 0 Å². The van der Waals surface area contributed by atoms with Crippen LogP contribution in [0.3, 0.4) is 0 Å². The van der Waals surface area contributed by atoms with E-state index in [9.17, 15) is 9.18 Å². The molecule has 2 aromatic carbocycles. The van der Waals surface area contributed by atoms with Crippen LogP contribution in [0.2, 0.25) is 5.02 Å². The number of imidazole rings is 1. The molecule has 3 aromatic rings. The molecule has 0 N–H and O–H groups in total. The standard InChI is InChI=1S/C16H12ClFN2O/c1-20-14-5-3-2-4-13(14)19-16(20)9-15(21)10-6-7-12(18)11(17)8-10/h2-8H,9H2,1H3. The molecule has 0 saturated heterocycles. The predicted molar refractivity (Wildman–Crippen MR) is 80.2 cm³/mol. The van der Waals surface area contributed by atoms with E-state index in [1.165, 1.54) is 18.2 Å². The maximum absolute atomic E-state index is 13.1. The normalized spacial score (nSPS) is 11.0. The molecule has 5 heteroatoms. The number of Topliss-reactive ketones (excluding diaryl/α,β-unsaturated/α-hetero) is 1. The SMILES string of the molecule is Cn1c(CC(=O)c2ccc(F)c(Cl)c2)nc2ccccc21. The Morgan fingerprint density at radius 2 is 2.05 bits per heavy atom. The average molecular weight is 303 g/mol. The number of benzene rings is 2. The summed E-state index contributed by atoms with van der Waals surface area (Å²) in [6.07, 6.45) is 0.146. The first kappa shape index (κ1) is 13.8. The van der Waals surface area contributed by atoms with E-state index >= 15 is 0 Å². The molecule has 0 fully saturated rings. The van der Waals surface area contributed by atoms with Gasteiger partial charge in [0.05, 0.1) is 22.5 Å². The Kier molecular flexibility index (Phi) is 3.47. The zero-order valence-electron chi connectivity index (χ0n) is 11.3. The molecule has 0 spiro atoms. The molecule has 0 saturated carbocycles. The highest BCUT2D eigenvalue weighted by Crippen LogP contribution is 2.19. The van der Waals surface area contributed by atoms with Gasteiger partial charge in [-0.25, -0.2) is 9.37 Å². The molecule has 0 bridgehead atoms. The fourth-order valence-electron chi connectivity index (χ4n) is 2.27. The topological polar surface area (TPSA) is 34.9 Å². The monoisotopic (exact) mass is 302 g/mol. The molecule has 0 aliphatic heterocycles. The van der Waals surface area contributed by atoms with Crippen LogP contribution in [0.15, 0.2) is 42.5 Å². The first-order valence-electron chi connectivity index (χ1n) is 6.45. The quantitative estimate of drug-likeness (QED) is 0.690. The fourth-order valence-corrected chi connectivity index (χ4v) is 2.45. The third-order valence-corrected chi connectivity index (χ3v) is 3.73. The average Bonchev–Trinajstić information content (AvgIpc) is 2.79. The highest BCUT2D eigenvalue weighted by Gasteiger charge is 2.14. The molecule has 106 valence electrons. The molecule has 0 amide bonds. The third kappa shape index (κ3) is 2.54. The molecule has 1 aromatic heterocycles. The first-order valence-corrected chi connectivity index (χ1v) is 6.82. The summed E-state index contributed by atoms with van der Waals surface area (Å²) >= 11 is 5.71. The van der Waals surface area contributed by atoms with Gasteiger partial charge in [0.1, 0.15) is 11.6 Å². The number of aryl methyl sites for hydroxylation is 1. The van der Waals surface area contributed by atoms with Crippen LogP contribution in [-0.2, 0) is 13.5 Å². The van der Waals surface area contributed by atoms with Crippen LogP contribution in [0.25, 0.3) is 11.0 Å². The van der Waals surface area contributed by atoms with E-state index in [4.69, 9.17) is 11.6 Å². The molecule has 0 unspecified atom stereocenters. The number of ketones is 1. The number of hydrogen-bond donors (Lipinski definition) is 0. The second-order valence-electron chi connectivity index (χ2n) is 4.80. The van der Waals surface area contributed by atoms with Crippen molar-refractivity contribution in [1.82, 2.24) is 9.55 Å². The highest BCUT2D eigenvalue weighted by atomic mass is 35.5. The third-order valence-electron chi connectivity index (χ3n) is 3.44. The Morgan fingerprint density at radius 3 is 2.76 bits per heavy atom. The van der Waals surface area contributed by atoms with E-state index in [0.717, 1.165) is 11.0 Å². The van der Waals surface area contributed by atoms with E-state index in [2.05, 4.69) is 4.98 Å². The molecule has 3 nitrogen and oxygen atoms in total. The Hall–Kier alpha value is -2.20. The molecule has 0 aliphatic rings. The smallest absolute Gasteiger partial charge is 0.170 e. The minimum atomic E-state index is -0.532. The summed E-state index contributed by atoms with van der Waals surface area (Å²) in [5.74, 6) is -0.00657. The lowest BCUT2D eigenvalue weighted by atomic mass is 10.1. The maximum Gasteiger partial charge on any atom is 0.170 e. The van der Waals surface area contributed by atoms with Crippen LogP contribution >= 0.6 is 11.6 Å². The van der Waals surface area contributed by atoms with Gasteiger partial charge in [-0.2, -0.15) is 0 Å². The van der Waals surface area contributed by atoms with E-state index in [1.54, 1.807) is 0 Å². The maximum atomic E-state index is 13.1. The number of rotatable bonds is 3. The van der Waals surface area contributed by atoms with Gasteiger partial charge in [0, 0.05) is 12.6 Å². The van der Waals surface area contributed by atoms with Gasteiger partial charge in [-0.1, -0.05) is 23.7 Å². The van der Waals surface area contributed by atoms with Gasteiger partial charge in [-0.3, -0.25) is 4.79 Å². The molecule has 0 radical (unpaired) electrons. The van der Waals surface area contributed by atoms with Gasteiger partial charge >= 0.3 is 0 Å². The summed E-state index contributed by atoms with van der Waals surface area (Å²) in [4.78, 5) is 16.7. The number of carbonyl (C=O) groups excluding carboxylic acids is 1. The fraction of sp³-hybridized carbons (Fsp3) is 0.125. The van der Waals surface area contributed by atoms with Crippen LogP contribution in [0.1, 0.15) is 16.2 Å². The van der Waals surface area contributed by atoms with Crippen molar-refractivity contribution in [2.24, 2.45) is 7.05 Å². The van der Waals surface area contributed by atoms with Crippen molar-refractivity contribution in [3.05, 3.63) is 64.7 Å². The van der Waals surface area contributed by atoms with Gasteiger partial charge in [-0.05, 0) is 30.3 Å². The Morgan fingerprint density at radius 1 is 1.29 bits per heavy atom. The molecular weight excluding hydrogens is 291 g/mol.